The molecule has 0 saturated carbocycles. The number of rotatable bonds is 7. The molecule has 0 radical (unpaired) electrons. The molecule has 1 unspecified atom stereocenters. The van der Waals surface area contributed by atoms with E-state index in [-0.39, 0.29) is 11.9 Å². The Balaban J connectivity index is 1.68. The summed E-state index contributed by atoms with van der Waals surface area (Å²) in [5.74, 6) is 1.98. The van der Waals surface area contributed by atoms with Gasteiger partial charge in [0.2, 0.25) is 0 Å². The molecular weight excluding hydrogens is 346 g/mol. The second kappa shape index (κ2) is 8.09. The van der Waals surface area contributed by atoms with Crippen LogP contribution in [0.2, 0.25) is 0 Å². The summed E-state index contributed by atoms with van der Waals surface area (Å²) >= 11 is 0. The van der Waals surface area contributed by atoms with Crippen molar-refractivity contribution >= 4 is 5.91 Å². The van der Waals surface area contributed by atoms with Crippen molar-refractivity contribution in [3.63, 3.8) is 0 Å². The molecular formula is C18H23N7O2. The molecule has 0 aliphatic carbocycles. The molecule has 3 aromatic rings. The second-order valence-electron chi connectivity index (χ2n) is 6.25. The first-order valence-corrected chi connectivity index (χ1v) is 8.65. The first-order valence-electron chi connectivity index (χ1n) is 8.65. The lowest BCUT2D eigenvalue weighted by atomic mass is 10.1. The molecule has 0 bridgehead atoms. The number of hydrogen-bond donors (Lipinski definition) is 1. The van der Waals surface area contributed by atoms with Crippen LogP contribution in [-0.4, -0.2) is 49.2 Å². The molecule has 1 N–H and O–H groups in total. The van der Waals surface area contributed by atoms with Crippen LogP contribution < -0.4 is 5.32 Å². The van der Waals surface area contributed by atoms with E-state index >= 15 is 0 Å². The monoisotopic (exact) mass is 369 g/mol. The third-order valence-corrected chi connectivity index (χ3v) is 4.30. The van der Waals surface area contributed by atoms with E-state index in [1.54, 1.807) is 30.3 Å². The van der Waals surface area contributed by atoms with Crippen LogP contribution in [-0.2, 0) is 18.3 Å². The van der Waals surface area contributed by atoms with E-state index in [0.29, 0.717) is 30.4 Å². The van der Waals surface area contributed by atoms with Gasteiger partial charge < -0.3 is 14.6 Å². The van der Waals surface area contributed by atoms with Crippen LogP contribution >= 0.6 is 0 Å². The minimum Gasteiger partial charge on any atom is -0.383 e. The largest absolute Gasteiger partial charge is 0.383 e. The number of aromatic nitrogens is 6. The maximum absolute atomic E-state index is 12.6. The predicted molar refractivity (Wildman–Crippen MR) is 99.0 cm³/mol. The van der Waals surface area contributed by atoms with Gasteiger partial charge in [0.1, 0.15) is 12.2 Å². The van der Waals surface area contributed by atoms with Crippen molar-refractivity contribution in [2.24, 2.45) is 7.05 Å². The van der Waals surface area contributed by atoms with Gasteiger partial charge in [-0.1, -0.05) is 12.1 Å². The Hall–Kier alpha value is -3.07. The van der Waals surface area contributed by atoms with Gasteiger partial charge >= 0.3 is 0 Å². The highest BCUT2D eigenvalue weighted by Crippen LogP contribution is 2.17. The average Bonchev–Trinajstić information content (AvgIpc) is 3.27. The number of benzene rings is 1. The Morgan fingerprint density at radius 2 is 2.04 bits per heavy atom. The van der Waals surface area contributed by atoms with Crippen molar-refractivity contribution in [1.82, 2.24) is 34.8 Å². The Kier molecular flexibility index (Phi) is 5.60. The molecule has 1 atom stereocenters. The summed E-state index contributed by atoms with van der Waals surface area (Å²) in [7, 11) is 3.49. The molecule has 142 valence electrons. The molecule has 9 heteroatoms. The highest BCUT2D eigenvalue weighted by Gasteiger charge is 2.17. The van der Waals surface area contributed by atoms with E-state index in [1.165, 1.54) is 0 Å². The molecule has 27 heavy (non-hydrogen) atoms. The van der Waals surface area contributed by atoms with Crippen molar-refractivity contribution in [2.75, 3.05) is 13.7 Å². The van der Waals surface area contributed by atoms with Crippen LogP contribution in [0.3, 0.4) is 0 Å². The molecule has 2 aromatic heterocycles. The van der Waals surface area contributed by atoms with Gasteiger partial charge in [-0.05, 0) is 26.0 Å². The van der Waals surface area contributed by atoms with Gasteiger partial charge in [0.15, 0.2) is 11.6 Å². The van der Waals surface area contributed by atoms with E-state index in [9.17, 15) is 4.79 Å². The molecule has 1 aromatic carbocycles. The summed E-state index contributed by atoms with van der Waals surface area (Å²) in [6, 6.07) is 6.93. The van der Waals surface area contributed by atoms with Gasteiger partial charge in [-0.25, -0.2) is 4.98 Å². The SMILES string of the molecule is COCCn1cnnc1C(C)NC(=O)c1ccc(-c2nc(C)n(C)n2)cc1. The third kappa shape index (κ3) is 4.20. The fraction of sp³-hybridized carbons (Fsp3) is 0.389. The number of amides is 1. The lowest BCUT2D eigenvalue weighted by molar-refractivity contribution is 0.0937. The second-order valence-corrected chi connectivity index (χ2v) is 6.25. The summed E-state index contributed by atoms with van der Waals surface area (Å²) in [5, 5.41) is 15.3. The Morgan fingerprint density at radius 1 is 1.30 bits per heavy atom. The van der Waals surface area contributed by atoms with E-state index in [2.05, 4.69) is 25.6 Å². The summed E-state index contributed by atoms with van der Waals surface area (Å²) in [6.45, 7) is 4.95. The molecule has 0 aliphatic heterocycles. The van der Waals surface area contributed by atoms with E-state index < -0.39 is 0 Å². The normalized spacial score (nSPS) is 12.1. The quantitative estimate of drug-likeness (QED) is 0.678. The van der Waals surface area contributed by atoms with Crippen LogP contribution in [0.15, 0.2) is 30.6 Å². The van der Waals surface area contributed by atoms with Crippen LogP contribution in [0.1, 0.15) is 35.0 Å². The number of nitrogens with one attached hydrogen (secondary N) is 1. The minimum atomic E-state index is -0.281. The van der Waals surface area contributed by atoms with E-state index in [4.69, 9.17) is 4.74 Å². The van der Waals surface area contributed by atoms with Crippen molar-refractivity contribution in [3.05, 3.63) is 47.8 Å². The lowest BCUT2D eigenvalue weighted by Crippen LogP contribution is -2.29. The van der Waals surface area contributed by atoms with E-state index in [0.717, 1.165) is 11.4 Å². The Bertz CT molecular complexity index is 895. The molecule has 0 spiro atoms. The zero-order chi connectivity index (χ0) is 19.4. The maximum Gasteiger partial charge on any atom is 0.251 e. The maximum atomic E-state index is 12.6. The Labute approximate surface area is 157 Å². The predicted octanol–water partition coefficient (Wildman–Crippen LogP) is 1.52. The zero-order valence-corrected chi connectivity index (χ0v) is 15.9. The van der Waals surface area contributed by atoms with Crippen molar-refractivity contribution < 1.29 is 9.53 Å². The van der Waals surface area contributed by atoms with Crippen LogP contribution in [0, 0.1) is 6.92 Å². The fourth-order valence-corrected chi connectivity index (χ4v) is 2.66. The Morgan fingerprint density at radius 3 is 2.67 bits per heavy atom. The number of carbonyl (C=O) groups excluding carboxylic acids is 1. The topological polar surface area (TPSA) is 99.7 Å². The summed E-state index contributed by atoms with van der Waals surface area (Å²) < 4.78 is 8.67. The molecule has 9 nitrogen and oxygen atoms in total. The summed E-state index contributed by atoms with van der Waals surface area (Å²) in [6.07, 6.45) is 1.63. The highest BCUT2D eigenvalue weighted by molar-refractivity contribution is 5.94. The van der Waals surface area contributed by atoms with Crippen molar-refractivity contribution in [1.29, 1.82) is 0 Å². The van der Waals surface area contributed by atoms with Crippen molar-refractivity contribution in [3.8, 4) is 11.4 Å². The van der Waals surface area contributed by atoms with Gasteiger partial charge in [-0.15, -0.1) is 10.2 Å². The van der Waals surface area contributed by atoms with Crippen LogP contribution in [0.4, 0.5) is 0 Å². The van der Waals surface area contributed by atoms with Gasteiger partial charge in [-0.2, -0.15) is 5.10 Å². The van der Waals surface area contributed by atoms with Gasteiger partial charge in [0.25, 0.3) is 5.91 Å². The minimum absolute atomic E-state index is 0.180. The first-order chi connectivity index (χ1) is 13.0. The molecule has 3 rings (SSSR count). The molecule has 2 heterocycles. The molecule has 0 saturated heterocycles. The summed E-state index contributed by atoms with van der Waals surface area (Å²) in [5.41, 5.74) is 1.42. The number of ether oxygens (including phenoxy) is 1. The number of carbonyl (C=O) groups is 1. The van der Waals surface area contributed by atoms with Gasteiger partial charge in [0.05, 0.1) is 12.6 Å². The summed E-state index contributed by atoms with van der Waals surface area (Å²) in [4.78, 5) is 16.9. The lowest BCUT2D eigenvalue weighted by Gasteiger charge is -2.15. The van der Waals surface area contributed by atoms with Crippen LogP contribution in [0.25, 0.3) is 11.4 Å². The molecule has 0 fully saturated rings. The number of methoxy groups -OCH3 is 1. The average molecular weight is 369 g/mol. The molecule has 0 aliphatic rings. The smallest absolute Gasteiger partial charge is 0.251 e. The highest BCUT2D eigenvalue weighted by atomic mass is 16.5. The first kappa shape index (κ1) is 18.7. The third-order valence-electron chi connectivity index (χ3n) is 4.30. The number of hydrogen-bond acceptors (Lipinski definition) is 6. The standard InChI is InChI=1S/C18H23N7O2/c1-12(17-22-19-11-25(17)9-10-27-4)20-18(26)15-7-5-14(6-8-15)16-21-13(2)24(3)23-16/h5-8,11-12H,9-10H2,1-4H3,(H,20,26). The van der Waals surface area contributed by atoms with Gasteiger partial charge in [0, 0.05) is 31.8 Å². The fourth-order valence-electron chi connectivity index (χ4n) is 2.66. The molecule has 1 amide bonds. The van der Waals surface area contributed by atoms with Crippen LogP contribution in [0.5, 0.6) is 0 Å². The zero-order valence-electron chi connectivity index (χ0n) is 15.9. The van der Waals surface area contributed by atoms with Gasteiger partial charge in [-0.3, -0.25) is 9.48 Å². The number of nitrogens with zero attached hydrogens (tertiary/aromatic N) is 6. The van der Waals surface area contributed by atoms with E-state index in [1.807, 2.05) is 37.6 Å². The number of aryl methyl sites for hydroxylation is 2. The van der Waals surface area contributed by atoms with Crippen molar-refractivity contribution in [2.45, 2.75) is 26.4 Å².